The summed E-state index contributed by atoms with van der Waals surface area (Å²) < 4.78 is 6.23. The minimum Gasteiger partial charge on any atom is -0.507 e. The van der Waals surface area contributed by atoms with Gasteiger partial charge in [0.1, 0.15) is 5.75 Å². The molecule has 2 aliphatic heterocycles. The number of amides is 2. The van der Waals surface area contributed by atoms with Crippen molar-refractivity contribution in [1.29, 1.82) is 0 Å². The highest BCUT2D eigenvalue weighted by atomic mass is 16.5. The Labute approximate surface area is 272 Å². The summed E-state index contributed by atoms with van der Waals surface area (Å²) in [5, 5.41) is 24.7. The number of aromatic hydroxyl groups is 1. The summed E-state index contributed by atoms with van der Waals surface area (Å²) in [5.74, 6) is -1.18. The van der Waals surface area contributed by atoms with Crippen LogP contribution in [0.5, 0.6) is 5.75 Å². The van der Waals surface area contributed by atoms with Gasteiger partial charge in [-0.3, -0.25) is 14.5 Å². The Bertz CT molecular complexity index is 1630. The second-order valence-corrected chi connectivity index (χ2v) is 13.1. The number of nitrogens with zero attached hydrogens (tertiary/aromatic N) is 1. The number of allylic oxidation sites excluding steroid dienone is 2. The fourth-order valence-corrected chi connectivity index (χ4v) is 7.62. The van der Waals surface area contributed by atoms with Crippen LogP contribution in [0.2, 0.25) is 6.32 Å². The van der Waals surface area contributed by atoms with E-state index in [2.05, 4.69) is 32.2 Å². The second kappa shape index (κ2) is 13.7. The number of fused-ring (bicyclic) bond motifs is 3. The first-order valence-corrected chi connectivity index (χ1v) is 16.6. The third-order valence-corrected chi connectivity index (χ3v) is 9.72. The smallest absolute Gasteiger partial charge is 0.455 e. The third kappa shape index (κ3) is 6.42. The van der Waals surface area contributed by atoms with Gasteiger partial charge in [0, 0.05) is 16.9 Å². The van der Waals surface area contributed by atoms with Gasteiger partial charge in [0.05, 0.1) is 23.6 Å². The fourth-order valence-electron chi connectivity index (χ4n) is 7.62. The maximum atomic E-state index is 14.2. The molecule has 2 amide bonds. The van der Waals surface area contributed by atoms with E-state index in [4.69, 9.17) is 4.65 Å². The van der Waals surface area contributed by atoms with Crippen molar-refractivity contribution in [2.45, 2.75) is 65.3 Å². The summed E-state index contributed by atoms with van der Waals surface area (Å²) in [5.41, 5.74) is 6.66. The Morgan fingerprint density at radius 2 is 1.65 bits per heavy atom. The Morgan fingerprint density at radius 1 is 0.957 bits per heavy atom. The number of benzene rings is 3. The first-order chi connectivity index (χ1) is 22.2. The number of carbonyl (C=O) groups is 2. The molecule has 4 atom stereocenters. The number of anilines is 3. The highest BCUT2D eigenvalue weighted by molar-refractivity contribution is 6.43. The molecule has 0 bridgehead atoms. The van der Waals surface area contributed by atoms with Crippen LogP contribution in [0.4, 0.5) is 17.1 Å². The molecule has 2 heterocycles. The minimum atomic E-state index is -1.01. The van der Waals surface area contributed by atoms with Gasteiger partial charge in [-0.1, -0.05) is 80.8 Å². The van der Waals surface area contributed by atoms with E-state index in [1.54, 1.807) is 6.07 Å². The first kappa shape index (κ1) is 31.8. The molecule has 3 aromatic rings. The molecule has 0 radical (unpaired) electrons. The maximum Gasteiger partial charge on any atom is 0.455 e. The van der Waals surface area contributed by atoms with Crippen LogP contribution in [-0.2, 0) is 14.2 Å². The monoisotopic (exact) mass is 618 g/mol. The molecule has 2 saturated heterocycles. The van der Waals surface area contributed by atoms with Crippen LogP contribution < -0.4 is 10.2 Å². The normalized spacial score (nSPS) is 23.2. The fraction of sp³-hybridized carbons (Fsp3) is 0.368. The highest BCUT2D eigenvalue weighted by Gasteiger charge is 2.57. The van der Waals surface area contributed by atoms with Crippen LogP contribution >= 0.6 is 0 Å². The molecule has 0 aromatic heterocycles. The molecule has 0 unspecified atom stereocenters. The Hall–Kier alpha value is -4.14. The van der Waals surface area contributed by atoms with Gasteiger partial charge in [-0.25, -0.2) is 0 Å². The van der Waals surface area contributed by atoms with E-state index < -0.39 is 19.0 Å². The number of carbonyl (C=O) groups excluding carboxylic acids is 2. The molecule has 3 N–H and O–H groups in total. The number of phenols is 1. The van der Waals surface area contributed by atoms with E-state index in [9.17, 15) is 19.7 Å². The molecule has 46 heavy (non-hydrogen) atoms. The van der Waals surface area contributed by atoms with E-state index in [0.717, 1.165) is 41.8 Å². The van der Waals surface area contributed by atoms with E-state index in [1.165, 1.54) is 16.0 Å². The molecule has 3 aliphatic rings. The van der Waals surface area contributed by atoms with E-state index in [1.807, 2.05) is 72.8 Å². The summed E-state index contributed by atoms with van der Waals surface area (Å²) in [4.78, 5) is 29.5. The lowest BCUT2D eigenvalue weighted by Crippen LogP contribution is -2.46. The Morgan fingerprint density at radius 3 is 2.35 bits per heavy atom. The predicted octanol–water partition coefficient (Wildman–Crippen LogP) is 7.76. The van der Waals surface area contributed by atoms with Gasteiger partial charge in [-0.2, -0.15) is 0 Å². The van der Waals surface area contributed by atoms with E-state index in [-0.39, 0.29) is 35.5 Å². The van der Waals surface area contributed by atoms with Gasteiger partial charge in [0.15, 0.2) is 0 Å². The Balaban J connectivity index is 1.25. The number of hydrogen-bond acceptors (Lipinski definition) is 6. The zero-order chi connectivity index (χ0) is 32.4. The maximum absolute atomic E-state index is 14.2. The van der Waals surface area contributed by atoms with Gasteiger partial charge < -0.3 is 20.1 Å². The zero-order valence-corrected chi connectivity index (χ0v) is 26.9. The molecule has 6 rings (SSSR count). The molecule has 7 nitrogen and oxygen atoms in total. The molecular weight excluding hydrogens is 575 g/mol. The van der Waals surface area contributed by atoms with Crippen LogP contribution in [0.3, 0.4) is 0 Å². The van der Waals surface area contributed by atoms with Crippen molar-refractivity contribution in [3.8, 4) is 5.75 Å². The quantitative estimate of drug-likeness (QED) is 0.122. The van der Waals surface area contributed by atoms with Crippen molar-refractivity contribution in [2.24, 2.45) is 23.7 Å². The molecule has 8 heteroatoms. The van der Waals surface area contributed by atoms with Crippen LogP contribution in [0.25, 0.3) is 6.08 Å². The first-order valence-electron chi connectivity index (χ1n) is 16.6. The summed E-state index contributed by atoms with van der Waals surface area (Å²) in [6.07, 6.45) is 5.76. The van der Waals surface area contributed by atoms with Crippen LogP contribution in [0.1, 0.15) is 58.4 Å². The summed E-state index contributed by atoms with van der Waals surface area (Å²) in [7, 11) is -1.01. The lowest BCUT2D eigenvalue weighted by molar-refractivity contribution is -0.122. The van der Waals surface area contributed by atoms with Gasteiger partial charge in [-0.05, 0) is 91.9 Å². The van der Waals surface area contributed by atoms with E-state index >= 15 is 0 Å². The van der Waals surface area contributed by atoms with Crippen molar-refractivity contribution in [3.63, 3.8) is 0 Å². The molecule has 3 aromatic carbocycles. The van der Waals surface area contributed by atoms with Gasteiger partial charge in [-0.15, -0.1) is 0 Å². The lowest BCUT2D eigenvalue weighted by atomic mass is 9.57. The second-order valence-electron chi connectivity index (χ2n) is 13.1. The highest BCUT2D eigenvalue weighted by Crippen LogP contribution is 2.52. The van der Waals surface area contributed by atoms with Gasteiger partial charge in [0.2, 0.25) is 11.8 Å². The minimum absolute atomic E-state index is 0.163. The summed E-state index contributed by atoms with van der Waals surface area (Å²) in [6.45, 7) is 6.41. The number of rotatable bonds is 10. The summed E-state index contributed by atoms with van der Waals surface area (Å²) in [6, 6.07) is 24.6. The SMILES string of the molecule is CCC/C(=C\c1ccccc1O)CC[C@H]1OB(O)C[C@H]2C1=C(C(C)C)C[C@H]1C(=O)N(c3ccc(Nc4ccccc4)cc3)C(=O)[C@H]12. The number of nitrogens with one attached hydrogen (secondary N) is 1. The van der Waals surface area contributed by atoms with Crippen molar-refractivity contribution in [2.75, 3.05) is 10.2 Å². The molecule has 0 saturated carbocycles. The van der Waals surface area contributed by atoms with Gasteiger partial charge >= 0.3 is 7.12 Å². The van der Waals surface area contributed by atoms with Crippen molar-refractivity contribution < 1.29 is 24.4 Å². The molecule has 238 valence electrons. The molecular formula is C38H43BN2O5. The topological polar surface area (TPSA) is 99.1 Å². The largest absolute Gasteiger partial charge is 0.507 e. The molecule has 0 spiro atoms. The number of phenolic OH excluding ortho intramolecular Hbond substituents is 1. The van der Waals surface area contributed by atoms with Crippen LogP contribution in [0, 0.1) is 23.7 Å². The van der Waals surface area contributed by atoms with E-state index in [0.29, 0.717) is 24.8 Å². The van der Waals surface area contributed by atoms with Crippen molar-refractivity contribution in [3.05, 3.63) is 101 Å². The lowest BCUT2D eigenvalue weighted by Gasteiger charge is -2.44. The van der Waals surface area contributed by atoms with Crippen molar-refractivity contribution in [1.82, 2.24) is 0 Å². The molecule has 1 aliphatic carbocycles. The average Bonchev–Trinajstić information content (AvgIpc) is 3.30. The van der Waals surface area contributed by atoms with Crippen LogP contribution in [-0.4, -0.2) is 35.2 Å². The van der Waals surface area contributed by atoms with Gasteiger partial charge in [0.25, 0.3) is 0 Å². The zero-order valence-electron chi connectivity index (χ0n) is 26.9. The Kier molecular flexibility index (Phi) is 9.48. The number of para-hydroxylation sites is 2. The standard InChI is InChI=1S/C38H43BN2O5/c1-4-10-25(21-26-11-8-9-14-33(26)42)15-20-34-35-30(24(2)3)22-31-36(32(35)23-39(45)46-34)38(44)41(37(31)43)29-18-16-28(17-19-29)40-27-12-6-5-7-13-27/h5-9,11-14,16-19,21,24,31-32,34,36,40,42,45H,4,10,15,20,22-23H2,1-3H3/b25-21+/t31-,32+,34-,36-/m1/s1. The third-order valence-electron chi connectivity index (χ3n) is 9.72. The summed E-state index contributed by atoms with van der Waals surface area (Å²) >= 11 is 0. The predicted molar refractivity (Wildman–Crippen MR) is 183 cm³/mol. The number of hydrogen-bond donors (Lipinski definition) is 3. The average molecular weight is 619 g/mol. The molecule has 2 fully saturated rings. The van der Waals surface area contributed by atoms with Crippen molar-refractivity contribution >= 4 is 42.1 Å². The van der Waals surface area contributed by atoms with Crippen LogP contribution in [0.15, 0.2) is 95.6 Å². The number of imide groups is 1.